The van der Waals surface area contributed by atoms with Gasteiger partial charge >= 0.3 is 0 Å². The zero-order valence-corrected chi connectivity index (χ0v) is 12.2. The lowest BCUT2D eigenvalue weighted by atomic mass is 10.1. The molecule has 0 aromatic heterocycles. The van der Waals surface area contributed by atoms with Gasteiger partial charge in [0.25, 0.3) is 0 Å². The van der Waals surface area contributed by atoms with Crippen molar-refractivity contribution in [3.63, 3.8) is 0 Å². The highest BCUT2D eigenvalue weighted by molar-refractivity contribution is 9.10. The average molecular weight is 318 g/mol. The molecule has 0 radical (unpaired) electrons. The van der Waals surface area contributed by atoms with Crippen molar-refractivity contribution in [2.75, 3.05) is 6.54 Å². The third kappa shape index (κ3) is 4.87. The smallest absolute Gasteiger partial charge is 0.224 e. The molecule has 0 aliphatic heterocycles. The minimum Gasteiger partial charge on any atom is -0.355 e. The molecule has 0 saturated heterocycles. The molecule has 0 heterocycles. The second-order valence-corrected chi connectivity index (χ2v) is 5.31. The molecule has 3 heteroatoms. The number of rotatable bonds is 5. The Bertz CT molecular complexity index is 539. The van der Waals surface area contributed by atoms with Crippen molar-refractivity contribution in [1.29, 1.82) is 0 Å². The van der Waals surface area contributed by atoms with Crippen LogP contribution in [0.2, 0.25) is 0 Å². The molecule has 1 N–H and O–H groups in total. The van der Waals surface area contributed by atoms with Crippen molar-refractivity contribution >= 4 is 21.8 Å². The monoisotopic (exact) mass is 317 g/mol. The first-order valence-corrected chi connectivity index (χ1v) is 7.08. The highest BCUT2D eigenvalue weighted by atomic mass is 79.9. The molecule has 2 aromatic rings. The van der Waals surface area contributed by atoms with E-state index < -0.39 is 0 Å². The minimum absolute atomic E-state index is 0.0639. The van der Waals surface area contributed by atoms with Gasteiger partial charge in [0.15, 0.2) is 0 Å². The lowest BCUT2D eigenvalue weighted by Crippen LogP contribution is -2.27. The van der Waals surface area contributed by atoms with E-state index in [-0.39, 0.29) is 5.91 Å². The highest BCUT2D eigenvalue weighted by Gasteiger charge is 2.03. The summed E-state index contributed by atoms with van der Waals surface area (Å²) in [5.41, 5.74) is 2.26. The molecule has 0 aliphatic carbocycles. The second kappa shape index (κ2) is 7.10. The molecule has 98 valence electrons. The maximum atomic E-state index is 11.8. The molecule has 0 saturated carbocycles. The van der Waals surface area contributed by atoms with Gasteiger partial charge in [-0.1, -0.05) is 58.4 Å². The van der Waals surface area contributed by atoms with Crippen molar-refractivity contribution in [3.8, 4) is 0 Å². The number of hydrogen-bond acceptors (Lipinski definition) is 1. The maximum absolute atomic E-state index is 11.8. The summed E-state index contributed by atoms with van der Waals surface area (Å²) in [4.78, 5) is 11.8. The Morgan fingerprint density at radius 2 is 1.74 bits per heavy atom. The van der Waals surface area contributed by atoms with Gasteiger partial charge in [-0.15, -0.1) is 0 Å². The third-order valence-electron chi connectivity index (χ3n) is 2.83. The molecule has 0 fully saturated rings. The number of amides is 1. The van der Waals surface area contributed by atoms with Crippen LogP contribution in [0.5, 0.6) is 0 Å². The molecule has 2 nitrogen and oxygen atoms in total. The van der Waals surface area contributed by atoms with E-state index in [0.717, 1.165) is 16.5 Å². The molecule has 0 aliphatic rings. The first-order valence-electron chi connectivity index (χ1n) is 6.29. The molecular formula is C16H16BrNO. The summed E-state index contributed by atoms with van der Waals surface area (Å²) >= 11 is 3.40. The van der Waals surface area contributed by atoms with Crippen molar-refractivity contribution < 1.29 is 4.79 Å². The molecule has 0 bridgehead atoms. The van der Waals surface area contributed by atoms with Gasteiger partial charge in [-0.3, -0.25) is 4.79 Å². The molecule has 0 spiro atoms. The Balaban J connectivity index is 1.76. The van der Waals surface area contributed by atoms with E-state index in [1.807, 2.05) is 42.5 Å². The van der Waals surface area contributed by atoms with Gasteiger partial charge in [0.1, 0.15) is 0 Å². The first kappa shape index (κ1) is 13.8. The second-order valence-electron chi connectivity index (χ2n) is 4.39. The fourth-order valence-corrected chi connectivity index (χ4v) is 2.33. The van der Waals surface area contributed by atoms with Crippen LogP contribution in [0.25, 0.3) is 0 Å². The van der Waals surface area contributed by atoms with Crippen molar-refractivity contribution in [3.05, 3.63) is 70.2 Å². The van der Waals surface area contributed by atoms with Gasteiger partial charge in [-0.05, 0) is 29.7 Å². The SMILES string of the molecule is O=C(Cc1cccc(Br)c1)NCCc1ccccc1. The Kier molecular flexibility index (Phi) is 5.16. The lowest BCUT2D eigenvalue weighted by Gasteiger charge is -2.06. The van der Waals surface area contributed by atoms with Crippen LogP contribution in [-0.4, -0.2) is 12.5 Å². The summed E-state index contributed by atoms with van der Waals surface area (Å²) < 4.78 is 1.00. The Hall–Kier alpha value is -1.61. The Labute approximate surface area is 122 Å². The predicted molar refractivity (Wildman–Crippen MR) is 81.0 cm³/mol. The molecule has 2 aromatic carbocycles. The summed E-state index contributed by atoms with van der Waals surface area (Å²) in [6, 6.07) is 18.0. The van der Waals surface area contributed by atoms with Crippen molar-refractivity contribution in [1.82, 2.24) is 5.32 Å². The van der Waals surface area contributed by atoms with Crippen LogP contribution in [0.4, 0.5) is 0 Å². The summed E-state index contributed by atoms with van der Waals surface area (Å²) in [7, 11) is 0. The van der Waals surface area contributed by atoms with Crippen LogP contribution in [-0.2, 0) is 17.6 Å². The fourth-order valence-electron chi connectivity index (χ4n) is 1.89. The van der Waals surface area contributed by atoms with Crippen LogP contribution in [0.15, 0.2) is 59.1 Å². The van der Waals surface area contributed by atoms with Gasteiger partial charge in [0.2, 0.25) is 5.91 Å². The van der Waals surface area contributed by atoms with Crippen LogP contribution in [0.3, 0.4) is 0 Å². The summed E-state index contributed by atoms with van der Waals surface area (Å²) in [5, 5.41) is 2.94. The summed E-state index contributed by atoms with van der Waals surface area (Å²) in [6.45, 7) is 0.677. The van der Waals surface area contributed by atoms with Gasteiger partial charge < -0.3 is 5.32 Å². The average Bonchev–Trinajstić information content (AvgIpc) is 2.40. The molecule has 0 atom stereocenters. The largest absolute Gasteiger partial charge is 0.355 e. The van der Waals surface area contributed by atoms with Gasteiger partial charge in [0, 0.05) is 11.0 Å². The Morgan fingerprint density at radius 3 is 2.47 bits per heavy atom. The molecule has 0 unspecified atom stereocenters. The van der Waals surface area contributed by atoms with E-state index in [1.165, 1.54) is 5.56 Å². The number of benzene rings is 2. The van der Waals surface area contributed by atoms with E-state index in [0.29, 0.717) is 13.0 Å². The number of carbonyl (C=O) groups excluding carboxylic acids is 1. The predicted octanol–water partition coefficient (Wildman–Crippen LogP) is 3.35. The fraction of sp³-hybridized carbons (Fsp3) is 0.188. The van der Waals surface area contributed by atoms with Crippen molar-refractivity contribution in [2.45, 2.75) is 12.8 Å². The van der Waals surface area contributed by atoms with E-state index in [4.69, 9.17) is 0 Å². The van der Waals surface area contributed by atoms with Crippen LogP contribution in [0.1, 0.15) is 11.1 Å². The topological polar surface area (TPSA) is 29.1 Å². The van der Waals surface area contributed by atoms with E-state index in [1.54, 1.807) is 0 Å². The van der Waals surface area contributed by atoms with Crippen LogP contribution < -0.4 is 5.32 Å². The first-order chi connectivity index (χ1) is 9.24. The standard InChI is InChI=1S/C16H16BrNO/c17-15-8-4-7-14(11-15)12-16(19)18-10-9-13-5-2-1-3-6-13/h1-8,11H,9-10,12H2,(H,18,19). The summed E-state index contributed by atoms with van der Waals surface area (Å²) in [6.07, 6.45) is 1.29. The third-order valence-corrected chi connectivity index (χ3v) is 3.33. The zero-order valence-electron chi connectivity index (χ0n) is 10.6. The van der Waals surface area contributed by atoms with E-state index in [2.05, 4.69) is 33.4 Å². The van der Waals surface area contributed by atoms with Crippen LogP contribution >= 0.6 is 15.9 Å². The van der Waals surface area contributed by atoms with Crippen LogP contribution in [0, 0.1) is 0 Å². The van der Waals surface area contributed by atoms with Gasteiger partial charge in [0.05, 0.1) is 6.42 Å². The van der Waals surface area contributed by atoms with E-state index >= 15 is 0 Å². The van der Waals surface area contributed by atoms with Gasteiger partial charge in [-0.25, -0.2) is 0 Å². The lowest BCUT2D eigenvalue weighted by molar-refractivity contribution is -0.120. The number of halogens is 1. The van der Waals surface area contributed by atoms with Crippen molar-refractivity contribution in [2.24, 2.45) is 0 Å². The molecule has 2 rings (SSSR count). The number of nitrogens with one attached hydrogen (secondary N) is 1. The molecular weight excluding hydrogens is 302 g/mol. The number of carbonyl (C=O) groups is 1. The quantitative estimate of drug-likeness (QED) is 0.900. The van der Waals surface area contributed by atoms with Gasteiger partial charge in [-0.2, -0.15) is 0 Å². The van der Waals surface area contributed by atoms with E-state index in [9.17, 15) is 4.79 Å². The highest BCUT2D eigenvalue weighted by Crippen LogP contribution is 2.11. The molecule has 1 amide bonds. The number of hydrogen-bond donors (Lipinski definition) is 1. The zero-order chi connectivity index (χ0) is 13.5. The maximum Gasteiger partial charge on any atom is 0.224 e. The summed E-state index contributed by atoms with van der Waals surface area (Å²) in [5.74, 6) is 0.0639. The molecule has 19 heavy (non-hydrogen) atoms. The Morgan fingerprint density at radius 1 is 1.00 bits per heavy atom. The normalized spacial score (nSPS) is 10.2. The minimum atomic E-state index is 0.0639.